The minimum atomic E-state index is -1.03. The summed E-state index contributed by atoms with van der Waals surface area (Å²) in [5.41, 5.74) is 0.354. The number of benzene rings is 2. The van der Waals surface area contributed by atoms with Crippen LogP contribution in [0.5, 0.6) is 0 Å². The first kappa shape index (κ1) is 21.8. The molecule has 0 aliphatic carbocycles. The van der Waals surface area contributed by atoms with Crippen LogP contribution < -0.4 is 16.0 Å². The SMILES string of the molecule is COCCOC(=O)Nc1cccc(NC(=O)CNC(=O)c2ccc(F)cc2F)c1. The lowest BCUT2D eigenvalue weighted by atomic mass is 10.2. The zero-order valence-electron chi connectivity index (χ0n) is 15.5. The molecule has 0 spiro atoms. The van der Waals surface area contributed by atoms with Gasteiger partial charge in [-0.25, -0.2) is 13.6 Å². The van der Waals surface area contributed by atoms with E-state index >= 15 is 0 Å². The first-order valence-corrected chi connectivity index (χ1v) is 8.45. The third-order valence-corrected chi connectivity index (χ3v) is 3.50. The Morgan fingerprint density at radius 2 is 1.69 bits per heavy atom. The Morgan fingerprint density at radius 3 is 2.38 bits per heavy atom. The van der Waals surface area contributed by atoms with Gasteiger partial charge in [-0.15, -0.1) is 0 Å². The molecular formula is C19H19F2N3O5. The van der Waals surface area contributed by atoms with Crippen molar-refractivity contribution in [2.24, 2.45) is 0 Å². The first-order valence-electron chi connectivity index (χ1n) is 8.45. The molecule has 2 rings (SSSR count). The van der Waals surface area contributed by atoms with Crippen LogP contribution in [0.15, 0.2) is 42.5 Å². The number of rotatable bonds is 8. The van der Waals surface area contributed by atoms with Crippen LogP contribution >= 0.6 is 0 Å². The van der Waals surface area contributed by atoms with Gasteiger partial charge in [-0.3, -0.25) is 14.9 Å². The molecule has 0 aliphatic heterocycles. The molecule has 0 saturated heterocycles. The number of nitrogens with one attached hydrogen (secondary N) is 3. The van der Waals surface area contributed by atoms with Gasteiger partial charge in [0.1, 0.15) is 18.2 Å². The molecule has 0 atom stereocenters. The number of methoxy groups -OCH3 is 1. The topological polar surface area (TPSA) is 106 Å². The van der Waals surface area contributed by atoms with Crippen molar-refractivity contribution >= 4 is 29.3 Å². The second-order valence-electron chi connectivity index (χ2n) is 5.69. The molecule has 3 amide bonds. The Hall–Kier alpha value is -3.53. The quantitative estimate of drug-likeness (QED) is 0.583. The van der Waals surface area contributed by atoms with Crippen LogP contribution in [-0.2, 0) is 14.3 Å². The lowest BCUT2D eigenvalue weighted by Gasteiger charge is -2.10. The average molecular weight is 407 g/mol. The van der Waals surface area contributed by atoms with Crippen molar-refractivity contribution in [2.45, 2.75) is 0 Å². The lowest BCUT2D eigenvalue weighted by Crippen LogP contribution is -2.33. The van der Waals surface area contributed by atoms with E-state index in [4.69, 9.17) is 9.47 Å². The molecule has 0 fully saturated rings. The van der Waals surface area contributed by atoms with Crippen molar-refractivity contribution in [2.75, 3.05) is 37.5 Å². The highest BCUT2D eigenvalue weighted by molar-refractivity contribution is 5.99. The van der Waals surface area contributed by atoms with E-state index in [1.54, 1.807) is 18.2 Å². The average Bonchev–Trinajstić information content (AvgIpc) is 2.66. The van der Waals surface area contributed by atoms with Gasteiger partial charge in [0.2, 0.25) is 5.91 Å². The van der Waals surface area contributed by atoms with Crippen LogP contribution in [0.2, 0.25) is 0 Å². The third-order valence-electron chi connectivity index (χ3n) is 3.50. The molecule has 2 aromatic carbocycles. The number of anilines is 2. The van der Waals surface area contributed by atoms with Crippen LogP contribution in [0, 0.1) is 11.6 Å². The molecule has 8 nitrogen and oxygen atoms in total. The second kappa shape index (κ2) is 10.7. The van der Waals surface area contributed by atoms with Crippen molar-refractivity contribution < 1.29 is 32.6 Å². The smallest absolute Gasteiger partial charge is 0.411 e. The highest BCUT2D eigenvalue weighted by Crippen LogP contribution is 2.15. The Labute approximate surface area is 165 Å². The van der Waals surface area contributed by atoms with Gasteiger partial charge in [-0.05, 0) is 30.3 Å². The molecule has 154 valence electrons. The van der Waals surface area contributed by atoms with Gasteiger partial charge in [0.25, 0.3) is 5.91 Å². The van der Waals surface area contributed by atoms with Crippen LogP contribution in [0.3, 0.4) is 0 Å². The number of amides is 3. The number of carbonyl (C=O) groups is 3. The van der Waals surface area contributed by atoms with E-state index in [-0.39, 0.29) is 18.8 Å². The standard InChI is InChI=1S/C19H19F2N3O5/c1-28-7-8-29-19(27)24-14-4-2-3-13(10-14)23-17(25)11-22-18(26)15-6-5-12(20)9-16(15)21/h2-6,9-10H,7-8,11H2,1H3,(H,22,26)(H,23,25)(H,24,27). The molecule has 0 unspecified atom stereocenters. The normalized spacial score (nSPS) is 10.2. The van der Waals surface area contributed by atoms with Gasteiger partial charge in [-0.1, -0.05) is 6.07 Å². The van der Waals surface area contributed by atoms with E-state index < -0.39 is 36.1 Å². The fraction of sp³-hybridized carbons (Fsp3) is 0.211. The summed E-state index contributed by atoms with van der Waals surface area (Å²) in [7, 11) is 1.48. The molecule has 0 bridgehead atoms. The van der Waals surface area contributed by atoms with Gasteiger partial charge in [0.15, 0.2) is 0 Å². The molecule has 0 aromatic heterocycles. The number of hydrogen-bond acceptors (Lipinski definition) is 5. The number of carbonyl (C=O) groups excluding carboxylic acids is 3. The molecule has 0 saturated carbocycles. The van der Waals surface area contributed by atoms with Crippen molar-refractivity contribution in [3.63, 3.8) is 0 Å². The summed E-state index contributed by atoms with van der Waals surface area (Å²) in [4.78, 5) is 35.5. The monoisotopic (exact) mass is 407 g/mol. The van der Waals surface area contributed by atoms with Crippen LogP contribution in [0.1, 0.15) is 10.4 Å². The Balaban J connectivity index is 1.85. The van der Waals surface area contributed by atoms with Crippen LogP contribution in [0.25, 0.3) is 0 Å². The zero-order chi connectivity index (χ0) is 21.2. The molecule has 0 aliphatic rings. The maximum atomic E-state index is 13.6. The van der Waals surface area contributed by atoms with Gasteiger partial charge < -0.3 is 20.1 Å². The molecule has 0 radical (unpaired) electrons. The minimum Gasteiger partial charge on any atom is -0.447 e. The number of ether oxygens (including phenoxy) is 2. The van der Waals surface area contributed by atoms with Crippen molar-refractivity contribution in [1.29, 1.82) is 0 Å². The summed E-state index contributed by atoms with van der Waals surface area (Å²) in [6, 6.07) is 8.74. The van der Waals surface area contributed by atoms with E-state index in [0.29, 0.717) is 17.4 Å². The van der Waals surface area contributed by atoms with Crippen molar-refractivity contribution in [1.82, 2.24) is 5.32 Å². The second-order valence-corrected chi connectivity index (χ2v) is 5.69. The lowest BCUT2D eigenvalue weighted by molar-refractivity contribution is -0.115. The maximum Gasteiger partial charge on any atom is 0.411 e. The fourth-order valence-electron chi connectivity index (χ4n) is 2.18. The highest BCUT2D eigenvalue weighted by atomic mass is 19.1. The highest BCUT2D eigenvalue weighted by Gasteiger charge is 2.14. The summed E-state index contributed by atoms with van der Waals surface area (Å²) >= 11 is 0. The zero-order valence-corrected chi connectivity index (χ0v) is 15.5. The molecule has 0 heterocycles. The maximum absolute atomic E-state index is 13.6. The molecule has 10 heteroatoms. The van der Waals surface area contributed by atoms with E-state index in [1.807, 2.05) is 0 Å². The molecule has 3 N–H and O–H groups in total. The van der Waals surface area contributed by atoms with Crippen molar-refractivity contribution in [3.05, 3.63) is 59.7 Å². The summed E-state index contributed by atoms with van der Waals surface area (Å²) < 4.78 is 36.1. The van der Waals surface area contributed by atoms with E-state index in [0.717, 1.165) is 12.1 Å². The first-order chi connectivity index (χ1) is 13.9. The van der Waals surface area contributed by atoms with Crippen molar-refractivity contribution in [3.8, 4) is 0 Å². The van der Waals surface area contributed by atoms with Gasteiger partial charge in [-0.2, -0.15) is 0 Å². The summed E-state index contributed by atoms with van der Waals surface area (Å²) in [5.74, 6) is -3.28. The van der Waals surface area contributed by atoms with E-state index in [1.165, 1.54) is 13.2 Å². The minimum absolute atomic E-state index is 0.0904. The van der Waals surface area contributed by atoms with Gasteiger partial charge in [0.05, 0.1) is 18.7 Å². The molecule has 2 aromatic rings. The summed E-state index contributed by atoms with van der Waals surface area (Å²) in [6.45, 7) is -0.0868. The van der Waals surface area contributed by atoms with Gasteiger partial charge in [0, 0.05) is 24.6 Å². The molecule has 29 heavy (non-hydrogen) atoms. The fourth-order valence-corrected chi connectivity index (χ4v) is 2.18. The van der Waals surface area contributed by atoms with E-state index in [9.17, 15) is 23.2 Å². The molecular weight excluding hydrogens is 388 g/mol. The van der Waals surface area contributed by atoms with Crippen LogP contribution in [-0.4, -0.2) is 44.8 Å². The summed E-state index contributed by atoms with van der Waals surface area (Å²) in [6.07, 6.45) is -0.681. The Morgan fingerprint density at radius 1 is 0.966 bits per heavy atom. The number of halogens is 2. The van der Waals surface area contributed by atoms with Gasteiger partial charge >= 0.3 is 6.09 Å². The predicted octanol–water partition coefficient (Wildman–Crippen LogP) is 2.53. The number of hydrogen-bond donors (Lipinski definition) is 3. The Bertz CT molecular complexity index is 892. The largest absolute Gasteiger partial charge is 0.447 e. The Kier molecular flexibility index (Phi) is 8.04. The summed E-state index contributed by atoms with van der Waals surface area (Å²) in [5, 5.41) is 7.25. The van der Waals surface area contributed by atoms with Crippen LogP contribution in [0.4, 0.5) is 25.0 Å². The predicted molar refractivity (Wildman–Crippen MR) is 101 cm³/mol. The van der Waals surface area contributed by atoms with E-state index in [2.05, 4.69) is 16.0 Å². The third kappa shape index (κ3) is 7.18.